The summed E-state index contributed by atoms with van der Waals surface area (Å²) in [6.45, 7) is 0.991. The van der Waals surface area contributed by atoms with Crippen LogP contribution in [-0.2, 0) is 4.74 Å². The summed E-state index contributed by atoms with van der Waals surface area (Å²) >= 11 is 0. The maximum absolute atomic E-state index is 12.8. The van der Waals surface area contributed by atoms with Gasteiger partial charge < -0.3 is 14.5 Å². The SMILES string of the molecule is COCCNc1c(C(=O)c2ccc([N+](=O)[O-])cc2)oc2ccccc12. The molecule has 7 nitrogen and oxygen atoms in total. The van der Waals surface area contributed by atoms with Crippen LogP contribution in [0.1, 0.15) is 16.1 Å². The second kappa shape index (κ2) is 7.14. The molecule has 7 heteroatoms. The Balaban J connectivity index is 1.99. The van der Waals surface area contributed by atoms with Crippen LogP contribution in [-0.4, -0.2) is 31.0 Å². The standard InChI is InChI=1S/C18H16N2O5/c1-24-11-10-19-16-14-4-2-3-5-15(14)25-18(16)17(21)12-6-8-13(9-7-12)20(22)23/h2-9,19H,10-11H2,1H3. The van der Waals surface area contributed by atoms with E-state index in [1.54, 1.807) is 13.2 Å². The lowest BCUT2D eigenvalue weighted by molar-refractivity contribution is -0.384. The van der Waals surface area contributed by atoms with E-state index in [9.17, 15) is 14.9 Å². The molecule has 0 amide bonds. The summed E-state index contributed by atoms with van der Waals surface area (Å²) in [4.78, 5) is 23.1. The molecule has 0 aliphatic heterocycles. The Morgan fingerprint density at radius 2 is 1.92 bits per heavy atom. The zero-order valence-corrected chi connectivity index (χ0v) is 13.5. The topological polar surface area (TPSA) is 94.6 Å². The summed E-state index contributed by atoms with van der Waals surface area (Å²) in [6.07, 6.45) is 0. The third kappa shape index (κ3) is 3.36. The molecule has 0 aliphatic rings. The monoisotopic (exact) mass is 340 g/mol. The fourth-order valence-corrected chi connectivity index (χ4v) is 2.52. The van der Waals surface area contributed by atoms with Crippen molar-refractivity contribution in [2.45, 2.75) is 0 Å². The molecule has 0 saturated heterocycles. The lowest BCUT2D eigenvalue weighted by atomic mass is 10.1. The van der Waals surface area contributed by atoms with Crippen molar-refractivity contribution in [2.75, 3.05) is 25.6 Å². The predicted octanol–water partition coefficient (Wildman–Crippen LogP) is 3.63. The molecular weight excluding hydrogens is 324 g/mol. The van der Waals surface area contributed by atoms with E-state index < -0.39 is 4.92 Å². The fourth-order valence-electron chi connectivity index (χ4n) is 2.52. The predicted molar refractivity (Wildman–Crippen MR) is 93.1 cm³/mol. The number of nitrogens with zero attached hydrogens (tertiary/aromatic N) is 1. The number of methoxy groups -OCH3 is 1. The van der Waals surface area contributed by atoms with Gasteiger partial charge in [-0.1, -0.05) is 12.1 Å². The van der Waals surface area contributed by atoms with Crippen LogP contribution in [0.25, 0.3) is 11.0 Å². The lowest BCUT2D eigenvalue weighted by Crippen LogP contribution is -2.10. The number of fused-ring (bicyclic) bond motifs is 1. The molecule has 0 saturated carbocycles. The van der Waals surface area contributed by atoms with Gasteiger partial charge in [0.25, 0.3) is 5.69 Å². The molecule has 1 heterocycles. The number of hydrogen-bond donors (Lipinski definition) is 1. The summed E-state index contributed by atoms with van der Waals surface area (Å²) in [7, 11) is 1.60. The summed E-state index contributed by atoms with van der Waals surface area (Å²) in [5, 5.41) is 14.7. The molecule has 3 rings (SSSR count). The van der Waals surface area contributed by atoms with Crippen LogP contribution >= 0.6 is 0 Å². The Morgan fingerprint density at radius 1 is 1.20 bits per heavy atom. The first kappa shape index (κ1) is 16.7. The summed E-state index contributed by atoms with van der Waals surface area (Å²) in [5.74, 6) is -0.169. The molecule has 0 radical (unpaired) electrons. The minimum absolute atomic E-state index is 0.0698. The van der Waals surface area contributed by atoms with Crippen molar-refractivity contribution in [1.29, 1.82) is 0 Å². The zero-order chi connectivity index (χ0) is 17.8. The van der Waals surface area contributed by atoms with E-state index in [2.05, 4.69) is 5.32 Å². The number of nitro groups is 1. The number of carbonyl (C=O) groups excluding carboxylic acids is 1. The first-order valence-electron chi connectivity index (χ1n) is 7.65. The highest BCUT2D eigenvalue weighted by molar-refractivity contribution is 6.14. The quantitative estimate of drug-likeness (QED) is 0.305. The summed E-state index contributed by atoms with van der Waals surface area (Å²) in [5.41, 5.74) is 1.43. The van der Waals surface area contributed by atoms with Gasteiger partial charge in [0.15, 0.2) is 5.76 Å². The van der Waals surface area contributed by atoms with Gasteiger partial charge in [0.1, 0.15) is 5.58 Å². The molecule has 0 unspecified atom stereocenters. The molecule has 1 N–H and O–H groups in total. The number of ether oxygens (including phenoxy) is 1. The largest absolute Gasteiger partial charge is 0.450 e. The second-order valence-corrected chi connectivity index (χ2v) is 5.36. The number of carbonyl (C=O) groups is 1. The van der Waals surface area contributed by atoms with E-state index in [0.717, 1.165) is 5.39 Å². The molecule has 3 aromatic rings. The van der Waals surface area contributed by atoms with Gasteiger partial charge in [-0.3, -0.25) is 14.9 Å². The van der Waals surface area contributed by atoms with Gasteiger partial charge in [-0.2, -0.15) is 0 Å². The number of benzene rings is 2. The molecular formula is C18H16N2O5. The molecule has 0 fully saturated rings. The Bertz CT molecular complexity index is 915. The van der Waals surface area contributed by atoms with Gasteiger partial charge in [-0.15, -0.1) is 0 Å². The van der Waals surface area contributed by atoms with Gasteiger partial charge in [-0.05, 0) is 24.3 Å². The number of nitro benzene ring substituents is 1. The Morgan fingerprint density at radius 3 is 2.60 bits per heavy atom. The van der Waals surface area contributed by atoms with Crippen LogP contribution in [0.3, 0.4) is 0 Å². The van der Waals surface area contributed by atoms with Crippen LogP contribution < -0.4 is 5.32 Å². The van der Waals surface area contributed by atoms with E-state index >= 15 is 0 Å². The van der Waals surface area contributed by atoms with Crippen molar-refractivity contribution in [1.82, 2.24) is 0 Å². The van der Waals surface area contributed by atoms with Crippen LogP contribution in [0.5, 0.6) is 0 Å². The molecule has 0 atom stereocenters. The highest BCUT2D eigenvalue weighted by Crippen LogP contribution is 2.32. The van der Waals surface area contributed by atoms with Crippen molar-refractivity contribution in [3.63, 3.8) is 0 Å². The van der Waals surface area contributed by atoms with Crippen molar-refractivity contribution < 1.29 is 18.9 Å². The summed E-state index contributed by atoms with van der Waals surface area (Å²) in [6, 6.07) is 12.8. The molecule has 128 valence electrons. The molecule has 1 aromatic heterocycles. The maximum Gasteiger partial charge on any atom is 0.269 e. The van der Waals surface area contributed by atoms with E-state index in [1.165, 1.54) is 24.3 Å². The molecule has 0 bridgehead atoms. The van der Waals surface area contributed by atoms with Crippen LogP contribution in [0.15, 0.2) is 52.9 Å². The van der Waals surface area contributed by atoms with Crippen molar-refractivity contribution in [3.05, 3.63) is 70.0 Å². The first-order valence-corrected chi connectivity index (χ1v) is 7.65. The lowest BCUT2D eigenvalue weighted by Gasteiger charge is -2.06. The first-order chi connectivity index (χ1) is 12.1. The van der Waals surface area contributed by atoms with Crippen molar-refractivity contribution >= 4 is 28.1 Å². The minimum atomic E-state index is -0.507. The number of non-ortho nitro benzene ring substituents is 1. The highest BCUT2D eigenvalue weighted by Gasteiger charge is 2.22. The number of anilines is 1. The number of hydrogen-bond acceptors (Lipinski definition) is 6. The summed E-state index contributed by atoms with van der Waals surface area (Å²) < 4.78 is 10.8. The van der Waals surface area contributed by atoms with E-state index in [-0.39, 0.29) is 17.2 Å². The molecule has 25 heavy (non-hydrogen) atoms. The van der Waals surface area contributed by atoms with Crippen LogP contribution in [0, 0.1) is 10.1 Å². The molecule has 0 spiro atoms. The number of ketones is 1. The molecule has 2 aromatic carbocycles. The van der Waals surface area contributed by atoms with Crippen molar-refractivity contribution in [3.8, 4) is 0 Å². The fraction of sp³-hybridized carbons (Fsp3) is 0.167. The number of furan rings is 1. The average molecular weight is 340 g/mol. The Hall–Kier alpha value is -3.19. The van der Waals surface area contributed by atoms with Gasteiger partial charge in [0.05, 0.1) is 17.2 Å². The number of rotatable bonds is 7. The van der Waals surface area contributed by atoms with E-state index in [1.807, 2.05) is 18.2 Å². The van der Waals surface area contributed by atoms with Crippen molar-refractivity contribution in [2.24, 2.45) is 0 Å². The van der Waals surface area contributed by atoms with Gasteiger partial charge >= 0.3 is 0 Å². The maximum atomic E-state index is 12.8. The van der Waals surface area contributed by atoms with E-state index in [0.29, 0.717) is 30.0 Å². The normalized spacial score (nSPS) is 10.8. The smallest absolute Gasteiger partial charge is 0.269 e. The van der Waals surface area contributed by atoms with Gasteiger partial charge in [0, 0.05) is 36.7 Å². The number of nitrogens with one attached hydrogen (secondary N) is 1. The third-order valence-electron chi connectivity index (χ3n) is 3.75. The van der Waals surface area contributed by atoms with Crippen LogP contribution in [0.4, 0.5) is 11.4 Å². The molecule has 0 aliphatic carbocycles. The zero-order valence-electron chi connectivity index (χ0n) is 13.5. The third-order valence-corrected chi connectivity index (χ3v) is 3.75. The minimum Gasteiger partial charge on any atom is -0.450 e. The average Bonchev–Trinajstić information content (AvgIpc) is 3.00. The van der Waals surface area contributed by atoms with Gasteiger partial charge in [0.2, 0.25) is 5.78 Å². The highest BCUT2D eigenvalue weighted by atomic mass is 16.6. The number of para-hydroxylation sites is 1. The second-order valence-electron chi connectivity index (χ2n) is 5.36. The van der Waals surface area contributed by atoms with Gasteiger partial charge in [-0.25, -0.2) is 0 Å². The van der Waals surface area contributed by atoms with E-state index in [4.69, 9.17) is 9.15 Å². The Kier molecular flexibility index (Phi) is 4.76. The Labute approximate surface area is 143 Å². The van der Waals surface area contributed by atoms with Crippen LogP contribution in [0.2, 0.25) is 0 Å².